The summed E-state index contributed by atoms with van der Waals surface area (Å²) in [6.45, 7) is 2.45. The van der Waals surface area contributed by atoms with Crippen molar-refractivity contribution in [2.75, 3.05) is 17.7 Å². The number of likely N-dealkylation sites (tertiary alicyclic amines) is 1. The minimum atomic E-state index is -0.744. The molecule has 3 heterocycles. The molecule has 0 aliphatic carbocycles. The number of amides is 3. The number of aryl methyl sites for hydroxylation is 1. The molecule has 208 valence electrons. The van der Waals surface area contributed by atoms with E-state index in [4.69, 9.17) is 16.6 Å². The molecule has 0 radical (unpaired) electrons. The number of nitrogens with zero attached hydrogens (tertiary/aromatic N) is 4. The molecule has 3 amide bonds. The average Bonchev–Trinajstić information content (AvgIpc) is 3.33. The van der Waals surface area contributed by atoms with Gasteiger partial charge in [-0.25, -0.2) is 14.6 Å². The summed E-state index contributed by atoms with van der Waals surface area (Å²) in [5.41, 5.74) is 8.91. The van der Waals surface area contributed by atoms with Crippen LogP contribution >= 0.6 is 0 Å². The molecule has 0 saturated carbocycles. The SMILES string of the molecule is Cc1ccnc(NC(=O)c2ccc(-c3nc([C@@H]4CCCCN4C(=O)C=Cc4ccccc4)n(N)c3C(N)=O)cc2)c1. The van der Waals surface area contributed by atoms with E-state index in [1.165, 1.54) is 4.68 Å². The number of carbonyl (C=O) groups is 3. The van der Waals surface area contributed by atoms with Gasteiger partial charge in [-0.15, -0.1) is 0 Å². The summed E-state index contributed by atoms with van der Waals surface area (Å²) < 4.78 is 1.19. The van der Waals surface area contributed by atoms with Crippen LogP contribution in [0.25, 0.3) is 17.3 Å². The fraction of sp³-hybridized carbons (Fsp3) is 0.194. The largest absolute Gasteiger partial charge is 0.364 e. The zero-order valence-corrected chi connectivity index (χ0v) is 22.7. The van der Waals surface area contributed by atoms with E-state index < -0.39 is 11.9 Å². The Balaban J connectivity index is 1.41. The standard InChI is InChI=1S/C31H31N7O3/c1-20-16-17-34-25(19-20)35-31(41)23-13-11-22(12-14-23)27-28(29(32)40)38(33)30(36-27)24-9-5-6-18-37(24)26(39)15-10-21-7-3-2-4-8-21/h2-4,7-8,10-17,19,24H,5-6,9,18,33H2,1H3,(H2,32,40)(H,34,35,41)/t24-/m0/s1. The monoisotopic (exact) mass is 549 g/mol. The Kier molecular flexibility index (Phi) is 7.91. The van der Waals surface area contributed by atoms with Crippen LogP contribution in [-0.4, -0.2) is 43.8 Å². The van der Waals surface area contributed by atoms with Crippen LogP contribution in [0.1, 0.15) is 63.1 Å². The molecular formula is C31H31N7O3. The van der Waals surface area contributed by atoms with Crippen LogP contribution in [0.5, 0.6) is 0 Å². The van der Waals surface area contributed by atoms with Gasteiger partial charge in [-0.05, 0) is 67.7 Å². The molecule has 1 aliphatic heterocycles. The van der Waals surface area contributed by atoms with Gasteiger partial charge in [-0.2, -0.15) is 0 Å². The molecule has 4 aromatic rings. The second kappa shape index (κ2) is 11.9. The van der Waals surface area contributed by atoms with Gasteiger partial charge in [0, 0.05) is 29.9 Å². The van der Waals surface area contributed by atoms with Gasteiger partial charge in [0.2, 0.25) is 5.91 Å². The Morgan fingerprint density at radius 2 is 1.78 bits per heavy atom. The van der Waals surface area contributed by atoms with Gasteiger partial charge < -0.3 is 21.8 Å². The molecule has 5 N–H and O–H groups in total. The first kappa shape index (κ1) is 27.3. The maximum Gasteiger partial charge on any atom is 0.269 e. The molecule has 10 heteroatoms. The van der Waals surface area contributed by atoms with E-state index in [0.717, 1.165) is 24.0 Å². The van der Waals surface area contributed by atoms with Gasteiger partial charge >= 0.3 is 0 Å². The number of benzene rings is 2. The highest BCUT2D eigenvalue weighted by molar-refractivity contribution is 6.04. The summed E-state index contributed by atoms with van der Waals surface area (Å²) in [6, 6.07) is 19.4. The predicted octanol–water partition coefficient (Wildman–Crippen LogP) is 4.09. The Labute approximate surface area is 237 Å². The van der Waals surface area contributed by atoms with Gasteiger partial charge in [0.1, 0.15) is 11.5 Å². The van der Waals surface area contributed by atoms with E-state index >= 15 is 0 Å². The highest BCUT2D eigenvalue weighted by atomic mass is 16.2. The summed E-state index contributed by atoms with van der Waals surface area (Å²) >= 11 is 0. The maximum atomic E-state index is 13.2. The second-order valence-electron chi connectivity index (χ2n) is 9.94. The van der Waals surface area contributed by atoms with E-state index in [1.54, 1.807) is 53.6 Å². The molecule has 1 atom stereocenters. The third kappa shape index (κ3) is 6.01. The summed E-state index contributed by atoms with van der Waals surface area (Å²) in [6.07, 6.45) is 7.32. The van der Waals surface area contributed by atoms with Crippen molar-refractivity contribution in [2.24, 2.45) is 5.73 Å². The number of primary amides is 1. The van der Waals surface area contributed by atoms with Crippen LogP contribution in [-0.2, 0) is 4.79 Å². The van der Waals surface area contributed by atoms with Crippen molar-refractivity contribution in [3.8, 4) is 11.3 Å². The van der Waals surface area contributed by atoms with Crippen molar-refractivity contribution in [1.29, 1.82) is 0 Å². The van der Waals surface area contributed by atoms with Gasteiger partial charge in [-0.1, -0.05) is 42.5 Å². The zero-order chi connectivity index (χ0) is 28.9. The molecule has 41 heavy (non-hydrogen) atoms. The zero-order valence-electron chi connectivity index (χ0n) is 22.7. The minimum absolute atomic E-state index is 0.0268. The number of aromatic nitrogens is 3. The number of hydrogen-bond donors (Lipinski definition) is 3. The quantitative estimate of drug-likeness (QED) is 0.234. The molecule has 1 saturated heterocycles. The first-order valence-electron chi connectivity index (χ1n) is 13.4. The second-order valence-corrected chi connectivity index (χ2v) is 9.94. The number of nitrogen functional groups attached to an aromatic ring is 1. The number of rotatable bonds is 7. The van der Waals surface area contributed by atoms with E-state index in [-0.39, 0.29) is 17.5 Å². The summed E-state index contributed by atoms with van der Waals surface area (Å²) in [5, 5.41) is 2.77. The first-order chi connectivity index (χ1) is 19.8. The molecule has 2 aromatic carbocycles. The number of carbonyl (C=O) groups excluding carboxylic acids is 3. The Morgan fingerprint density at radius 1 is 1.02 bits per heavy atom. The fourth-order valence-electron chi connectivity index (χ4n) is 4.99. The van der Waals surface area contributed by atoms with Crippen molar-refractivity contribution in [3.63, 3.8) is 0 Å². The highest BCUT2D eigenvalue weighted by Crippen LogP contribution is 2.34. The third-order valence-corrected chi connectivity index (χ3v) is 7.05. The van der Waals surface area contributed by atoms with Crippen LogP contribution in [0.15, 0.2) is 79.0 Å². The summed E-state index contributed by atoms with van der Waals surface area (Å²) in [4.78, 5) is 49.1. The highest BCUT2D eigenvalue weighted by Gasteiger charge is 2.33. The third-order valence-electron chi connectivity index (χ3n) is 7.05. The molecule has 0 spiro atoms. The normalized spacial score (nSPS) is 15.1. The van der Waals surface area contributed by atoms with Crippen molar-refractivity contribution in [3.05, 3.63) is 107 Å². The van der Waals surface area contributed by atoms with Gasteiger partial charge in [0.15, 0.2) is 11.5 Å². The maximum absolute atomic E-state index is 13.2. The lowest BCUT2D eigenvalue weighted by molar-refractivity contribution is -0.129. The summed E-state index contributed by atoms with van der Waals surface area (Å²) in [7, 11) is 0. The van der Waals surface area contributed by atoms with E-state index in [1.807, 2.05) is 43.3 Å². The number of hydrogen-bond acceptors (Lipinski definition) is 6. The molecule has 10 nitrogen and oxygen atoms in total. The van der Waals surface area contributed by atoms with Crippen LogP contribution in [0.4, 0.5) is 5.82 Å². The van der Waals surface area contributed by atoms with Gasteiger partial charge in [0.05, 0.1) is 6.04 Å². The number of nitrogens with two attached hydrogens (primary N) is 2. The minimum Gasteiger partial charge on any atom is -0.364 e. The van der Waals surface area contributed by atoms with Gasteiger partial charge in [-0.3, -0.25) is 14.4 Å². The van der Waals surface area contributed by atoms with Crippen LogP contribution in [0, 0.1) is 6.92 Å². The number of nitrogens with one attached hydrogen (secondary N) is 1. The van der Waals surface area contributed by atoms with Gasteiger partial charge in [0.25, 0.3) is 11.8 Å². The fourth-order valence-corrected chi connectivity index (χ4v) is 4.99. The topological polar surface area (TPSA) is 149 Å². The van der Waals surface area contributed by atoms with E-state index in [2.05, 4.69) is 10.3 Å². The van der Waals surface area contributed by atoms with Crippen LogP contribution < -0.4 is 16.9 Å². The summed E-state index contributed by atoms with van der Waals surface area (Å²) in [5.74, 6) is 6.00. The average molecular weight is 550 g/mol. The molecule has 0 bridgehead atoms. The Morgan fingerprint density at radius 3 is 2.49 bits per heavy atom. The van der Waals surface area contributed by atoms with E-state index in [0.29, 0.717) is 41.4 Å². The first-order valence-corrected chi connectivity index (χ1v) is 13.4. The van der Waals surface area contributed by atoms with Crippen LogP contribution in [0.3, 0.4) is 0 Å². The van der Waals surface area contributed by atoms with Crippen molar-refractivity contribution in [1.82, 2.24) is 19.5 Å². The molecule has 2 aromatic heterocycles. The number of piperidine rings is 1. The number of anilines is 1. The predicted molar refractivity (Wildman–Crippen MR) is 157 cm³/mol. The Hall–Kier alpha value is -5.25. The number of pyridine rings is 1. The molecule has 5 rings (SSSR count). The molecule has 0 unspecified atom stereocenters. The lowest BCUT2D eigenvalue weighted by Crippen LogP contribution is -2.39. The van der Waals surface area contributed by atoms with Crippen molar-refractivity contribution >= 4 is 29.6 Å². The number of imidazole rings is 1. The lowest BCUT2D eigenvalue weighted by atomic mass is 10.0. The van der Waals surface area contributed by atoms with Crippen molar-refractivity contribution < 1.29 is 14.4 Å². The molecule has 1 fully saturated rings. The van der Waals surface area contributed by atoms with Crippen molar-refractivity contribution in [2.45, 2.75) is 32.2 Å². The van der Waals surface area contributed by atoms with E-state index in [9.17, 15) is 14.4 Å². The molecular weight excluding hydrogens is 518 g/mol. The Bertz CT molecular complexity index is 1610. The molecule has 1 aliphatic rings. The lowest BCUT2D eigenvalue weighted by Gasteiger charge is -2.34. The van der Waals surface area contributed by atoms with Crippen LogP contribution in [0.2, 0.25) is 0 Å². The smallest absolute Gasteiger partial charge is 0.269 e.